The summed E-state index contributed by atoms with van der Waals surface area (Å²) in [5.74, 6) is 0. The van der Waals surface area contributed by atoms with Crippen LogP contribution in [-0.2, 0) is 15.9 Å². The van der Waals surface area contributed by atoms with Gasteiger partial charge >= 0.3 is 0 Å². The number of hydrogen-bond acceptors (Lipinski definition) is 4. The van der Waals surface area contributed by atoms with Gasteiger partial charge in [-0.15, -0.1) is 0 Å². The summed E-state index contributed by atoms with van der Waals surface area (Å²) in [7, 11) is 0. The fourth-order valence-corrected chi connectivity index (χ4v) is 2.40. The summed E-state index contributed by atoms with van der Waals surface area (Å²) in [5, 5.41) is 8.20. The number of rotatable bonds is 7. The Bertz CT molecular complexity index is 386. The minimum atomic E-state index is 0.125. The lowest BCUT2D eigenvalue weighted by molar-refractivity contribution is -0.101. The van der Waals surface area contributed by atoms with E-state index in [2.05, 4.69) is 43.4 Å². The summed E-state index contributed by atoms with van der Waals surface area (Å²) >= 11 is 0. The summed E-state index contributed by atoms with van der Waals surface area (Å²) in [6.07, 6.45) is 4.17. The predicted octanol–water partition coefficient (Wildman–Crippen LogP) is 1.79. The molecule has 0 aromatic carbocycles. The Labute approximate surface area is 121 Å². The van der Waals surface area contributed by atoms with Crippen LogP contribution in [-0.4, -0.2) is 48.3 Å². The molecule has 2 unspecified atom stereocenters. The number of ether oxygens (including phenoxy) is 2. The number of aromatic nitrogens is 2. The standard InChI is InChI=1S/C15H27N3O2/c1-4-6-16-14(15-11-19-8-9-20-15)10-13-5-7-18(17-13)12(2)3/h5,7,12,14-16H,4,6,8-11H2,1-3H3. The van der Waals surface area contributed by atoms with Crippen LogP contribution in [0.25, 0.3) is 0 Å². The summed E-state index contributed by atoms with van der Waals surface area (Å²) in [6, 6.07) is 2.77. The van der Waals surface area contributed by atoms with Gasteiger partial charge in [0.25, 0.3) is 0 Å². The summed E-state index contributed by atoms with van der Waals surface area (Å²) < 4.78 is 13.4. The molecular formula is C15H27N3O2. The second kappa shape index (κ2) is 7.76. The van der Waals surface area contributed by atoms with Crippen LogP contribution in [0, 0.1) is 0 Å². The largest absolute Gasteiger partial charge is 0.376 e. The molecule has 1 N–H and O–H groups in total. The average Bonchev–Trinajstić information content (AvgIpc) is 2.93. The smallest absolute Gasteiger partial charge is 0.0965 e. The van der Waals surface area contributed by atoms with Gasteiger partial charge < -0.3 is 14.8 Å². The Morgan fingerprint density at radius 1 is 1.45 bits per heavy atom. The molecular weight excluding hydrogens is 254 g/mol. The van der Waals surface area contributed by atoms with Crippen LogP contribution in [0.4, 0.5) is 0 Å². The highest BCUT2D eigenvalue weighted by Gasteiger charge is 2.25. The van der Waals surface area contributed by atoms with Gasteiger partial charge in [-0.2, -0.15) is 5.10 Å². The molecule has 1 aliphatic rings. The summed E-state index contributed by atoms with van der Waals surface area (Å²) in [4.78, 5) is 0. The van der Waals surface area contributed by atoms with E-state index in [1.807, 2.05) is 4.68 Å². The van der Waals surface area contributed by atoms with Gasteiger partial charge in [-0.25, -0.2) is 0 Å². The monoisotopic (exact) mass is 281 g/mol. The van der Waals surface area contributed by atoms with Crippen molar-refractivity contribution in [1.82, 2.24) is 15.1 Å². The van der Waals surface area contributed by atoms with E-state index in [9.17, 15) is 0 Å². The van der Waals surface area contributed by atoms with Crippen molar-refractivity contribution in [3.05, 3.63) is 18.0 Å². The molecule has 0 radical (unpaired) electrons. The highest BCUT2D eigenvalue weighted by molar-refractivity contribution is 5.03. The van der Waals surface area contributed by atoms with Crippen molar-refractivity contribution in [1.29, 1.82) is 0 Å². The molecule has 5 nitrogen and oxygen atoms in total. The minimum absolute atomic E-state index is 0.125. The zero-order valence-electron chi connectivity index (χ0n) is 12.8. The molecule has 0 bridgehead atoms. The molecule has 1 saturated heterocycles. The SMILES string of the molecule is CCCNC(Cc1ccn(C(C)C)n1)C1COCCO1. The van der Waals surface area contributed by atoms with Crippen LogP contribution in [0.1, 0.15) is 38.9 Å². The maximum absolute atomic E-state index is 5.84. The van der Waals surface area contributed by atoms with Crippen LogP contribution in [0.2, 0.25) is 0 Å². The first kappa shape index (κ1) is 15.5. The first-order chi connectivity index (χ1) is 9.70. The molecule has 0 saturated carbocycles. The lowest BCUT2D eigenvalue weighted by Crippen LogP contribution is -2.48. The van der Waals surface area contributed by atoms with Crippen molar-refractivity contribution in [3.8, 4) is 0 Å². The van der Waals surface area contributed by atoms with E-state index in [1.165, 1.54) is 0 Å². The molecule has 114 valence electrons. The van der Waals surface area contributed by atoms with Gasteiger partial charge in [0.05, 0.1) is 31.6 Å². The summed E-state index contributed by atoms with van der Waals surface area (Å²) in [6.45, 7) is 9.52. The molecule has 2 rings (SSSR count). The van der Waals surface area contributed by atoms with Gasteiger partial charge in [0.15, 0.2) is 0 Å². The van der Waals surface area contributed by atoms with Gasteiger partial charge in [-0.3, -0.25) is 4.68 Å². The van der Waals surface area contributed by atoms with E-state index in [0.717, 1.165) is 25.1 Å². The third-order valence-electron chi connectivity index (χ3n) is 3.57. The molecule has 0 spiro atoms. The molecule has 1 fully saturated rings. The van der Waals surface area contributed by atoms with Crippen LogP contribution in [0.5, 0.6) is 0 Å². The third kappa shape index (κ3) is 4.30. The Morgan fingerprint density at radius 2 is 2.30 bits per heavy atom. The second-order valence-corrected chi connectivity index (χ2v) is 5.63. The number of hydrogen-bond donors (Lipinski definition) is 1. The van der Waals surface area contributed by atoms with Gasteiger partial charge in [0.1, 0.15) is 0 Å². The average molecular weight is 281 g/mol. The quantitative estimate of drug-likeness (QED) is 0.828. The maximum Gasteiger partial charge on any atom is 0.0965 e. The highest BCUT2D eigenvalue weighted by atomic mass is 16.6. The Hall–Kier alpha value is -0.910. The molecule has 1 aliphatic heterocycles. The van der Waals surface area contributed by atoms with E-state index >= 15 is 0 Å². The molecule has 1 aromatic rings. The van der Waals surface area contributed by atoms with Crippen molar-refractivity contribution >= 4 is 0 Å². The van der Waals surface area contributed by atoms with Gasteiger partial charge in [-0.05, 0) is 32.9 Å². The zero-order valence-corrected chi connectivity index (χ0v) is 12.8. The topological polar surface area (TPSA) is 48.3 Å². The summed E-state index contributed by atoms with van der Waals surface area (Å²) in [5.41, 5.74) is 1.11. The lowest BCUT2D eigenvalue weighted by Gasteiger charge is -2.30. The molecule has 5 heteroatoms. The van der Waals surface area contributed by atoms with Crippen LogP contribution >= 0.6 is 0 Å². The third-order valence-corrected chi connectivity index (χ3v) is 3.57. The first-order valence-electron chi connectivity index (χ1n) is 7.67. The van der Waals surface area contributed by atoms with Crippen LogP contribution in [0.3, 0.4) is 0 Å². The van der Waals surface area contributed by atoms with Crippen molar-refractivity contribution in [2.45, 2.75) is 51.8 Å². The maximum atomic E-state index is 5.84. The van der Waals surface area contributed by atoms with E-state index < -0.39 is 0 Å². The number of nitrogens with zero attached hydrogens (tertiary/aromatic N) is 2. The fraction of sp³-hybridized carbons (Fsp3) is 0.800. The molecule has 0 amide bonds. The number of nitrogens with one attached hydrogen (secondary N) is 1. The van der Waals surface area contributed by atoms with Crippen LogP contribution < -0.4 is 5.32 Å². The molecule has 2 heterocycles. The molecule has 2 atom stereocenters. The Balaban J connectivity index is 1.97. The van der Waals surface area contributed by atoms with Gasteiger partial charge in [0, 0.05) is 24.7 Å². The second-order valence-electron chi connectivity index (χ2n) is 5.63. The molecule has 0 aliphatic carbocycles. The normalized spacial score (nSPS) is 21.3. The van der Waals surface area contributed by atoms with Crippen molar-refractivity contribution < 1.29 is 9.47 Å². The first-order valence-corrected chi connectivity index (χ1v) is 7.67. The van der Waals surface area contributed by atoms with E-state index in [-0.39, 0.29) is 12.1 Å². The van der Waals surface area contributed by atoms with Crippen LogP contribution in [0.15, 0.2) is 12.3 Å². The molecule has 20 heavy (non-hydrogen) atoms. The zero-order chi connectivity index (χ0) is 14.4. The van der Waals surface area contributed by atoms with Crippen molar-refractivity contribution in [2.75, 3.05) is 26.4 Å². The minimum Gasteiger partial charge on any atom is -0.376 e. The predicted molar refractivity (Wildman–Crippen MR) is 79.0 cm³/mol. The van der Waals surface area contributed by atoms with Crippen molar-refractivity contribution in [3.63, 3.8) is 0 Å². The van der Waals surface area contributed by atoms with E-state index in [0.29, 0.717) is 25.9 Å². The van der Waals surface area contributed by atoms with Crippen molar-refractivity contribution in [2.24, 2.45) is 0 Å². The Kier molecular flexibility index (Phi) is 6.01. The molecule has 1 aromatic heterocycles. The highest BCUT2D eigenvalue weighted by Crippen LogP contribution is 2.12. The lowest BCUT2D eigenvalue weighted by atomic mass is 10.1. The Morgan fingerprint density at radius 3 is 2.90 bits per heavy atom. The van der Waals surface area contributed by atoms with Gasteiger partial charge in [-0.1, -0.05) is 6.92 Å². The fourth-order valence-electron chi connectivity index (χ4n) is 2.40. The van der Waals surface area contributed by atoms with Gasteiger partial charge in [0.2, 0.25) is 0 Å². The van der Waals surface area contributed by atoms with E-state index in [4.69, 9.17) is 9.47 Å². The van der Waals surface area contributed by atoms with E-state index in [1.54, 1.807) is 0 Å².